The molecule has 20 rings (SSSR count). The van der Waals surface area contributed by atoms with Gasteiger partial charge < -0.3 is 43.6 Å². The van der Waals surface area contributed by atoms with Gasteiger partial charge in [-0.05, 0) is 145 Å². The number of hydrogen-bond donors (Lipinski definition) is 1. The van der Waals surface area contributed by atoms with E-state index < -0.39 is 87.0 Å². The smallest absolute Gasteiger partial charge is 0.333 e. The highest BCUT2D eigenvalue weighted by atomic mass is 79.9. The number of fused-ring (bicyclic) bond motifs is 12. The molecule has 736 valence electrons. The summed E-state index contributed by atoms with van der Waals surface area (Å²) >= 11 is 15.3. The van der Waals surface area contributed by atoms with E-state index >= 15 is 13.2 Å². The fraction of sp³-hybridized carbons (Fsp3) is 0.114. The Morgan fingerprint density at radius 2 is 0.707 bits per heavy atom. The average molecular weight is 2100 g/mol. The van der Waals surface area contributed by atoms with Gasteiger partial charge in [0.2, 0.25) is 6.10 Å². The van der Waals surface area contributed by atoms with Crippen LogP contribution in [0.3, 0.4) is 0 Å². The molecule has 0 saturated carbocycles. The van der Waals surface area contributed by atoms with Crippen molar-refractivity contribution in [1.29, 1.82) is 21.0 Å². The second-order valence-corrected chi connectivity index (χ2v) is 34.2. The van der Waals surface area contributed by atoms with Crippen LogP contribution < -0.4 is 66.4 Å². The van der Waals surface area contributed by atoms with Gasteiger partial charge in [0.1, 0.15) is 66.2 Å². The van der Waals surface area contributed by atoms with Crippen LogP contribution in [0, 0.1) is 97.7 Å². The highest BCUT2D eigenvalue weighted by molar-refractivity contribution is 9.10. The number of ether oxygens (including phenoxy) is 8. The van der Waals surface area contributed by atoms with E-state index in [9.17, 15) is 50.3 Å². The van der Waals surface area contributed by atoms with Crippen LogP contribution in [0.4, 0.5) is 39.5 Å². The molecule has 1 amide bonds. The molecule has 2 N–H and O–H groups in total. The number of hydrogen-bond acceptors (Lipinski definition) is 21. The van der Waals surface area contributed by atoms with Gasteiger partial charge in [-0.15, -0.1) is 0 Å². The van der Waals surface area contributed by atoms with Crippen LogP contribution in [0.2, 0.25) is 10.0 Å². The van der Waals surface area contributed by atoms with Crippen molar-refractivity contribution >= 4 is 133 Å². The number of halogens is 12. The first-order valence-corrected chi connectivity index (χ1v) is 44.9. The normalized spacial score (nSPS) is 11.3. The number of carbonyl (C=O) groups excluding carboxylic acids is 1. The second-order valence-electron chi connectivity index (χ2n) is 32.5. The van der Waals surface area contributed by atoms with Gasteiger partial charge in [0.15, 0.2) is 57.6 Å². The van der Waals surface area contributed by atoms with Gasteiger partial charge in [0.05, 0.1) is 193 Å². The van der Waals surface area contributed by atoms with Crippen LogP contribution in [-0.4, -0.2) is 90.8 Å². The summed E-state index contributed by atoms with van der Waals surface area (Å²) in [6, 6.07) is 51.1. The van der Waals surface area contributed by atoms with Crippen LogP contribution in [-0.2, 0) is 52.8 Å². The number of nitrogens with two attached hydrogens (primary N) is 1. The summed E-state index contributed by atoms with van der Waals surface area (Å²) in [4.78, 5) is 82.8. The van der Waals surface area contributed by atoms with Gasteiger partial charge in [-0.1, -0.05) is 69.5 Å². The molecule has 1 atom stereocenters. The first-order valence-electron chi connectivity index (χ1n) is 43.3. The molecule has 0 aliphatic rings. The highest BCUT2D eigenvalue weighted by Gasteiger charge is 2.31. The van der Waals surface area contributed by atoms with Gasteiger partial charge in [0, 0.05) is 95.2 Å². The Morgan fingerprint density at radius 3 is 1.07 bits per heavy atom. The molecule has 20 aromatic rings. The van der Waals surface area contributed by atoms with E-state index in [-0.39, 0.29) is 114 Å². The van der Waals surface area contributed by atoms with Crippen LogP contribution in [0.25, 0.3) is 110 Å². The molecule has 0 spiro atoms. The third kappa shape index (κ3) is 19.1. The first kappa shape index (κ1) is 100. The summed E-state index contributed by atoms with van der Waals surface area (Å²) in [7, 11) is 11.9. The minimum absolute atomic E-state index is 0.00339. The summed E-state index contributed by atoms with van der Waals surface area (Å²) in [6.45, 7) is 0.200. The summed E-state index contributed by atoms with van der Waals surface area (Å²) in [5.74, 6) is -4.84. The topological polar surface area (TPSA) is 371 Å². The summed E-state index contributed by atoms with van der Waals surface area (Å²) in [6.07, 6.45) is 4.59. The molecule has 30 nitrogen and oxygen atoms in total. The van der Waals surface area contributed by atoms with Crippen molar-refractivity contribution in [3.05, 3.63) is 372 Å². The van der Waals surface area contributed by atoms with Crippen molar-refractivity contribution in [2.24, 2.45) is 33.9 Å². The number of rotatable bonds is 21. The average Bonchev–Trinajstić information content (AvgIpc) is 1.59. The largest absolute Gasteiger partial charge is 0.493 e. The molecule has 0 fully saturated rings. The first-order chi connectivity index (χ1) is 70.6. The van der Waals surface area contributed by atoms with E-state index in [1.165, 1.54) is 191 Å². The maximum absolute atomic E-state index is 15.1. The molecule has 0 aliphatic heterocycles. The monoisotopic (exact) mass is 2100 g/mol. The number of carbonyl (C=O) groups is 1. The molecule has 147 heavy (non-hydrogen) atoms. The van der Waals surface area contributed by atoms with Crippen LogP contribution in [0.15, 0.2) is 243 Å². The molecule has 8 heterocycles. The number of imidazole rings is 4. The fourth-order valence-corrected chi connectivity index (χ4v) is 17.4. The van der Waals surface area contributed by atoms with Gasteiger partial charge in [-0.2, -0.15) is 21.0 Å². The van der Waals surface area contributed by atoms with Crippen molar-refractivity contribution < 1.29 is 82.2 Å². The Labute approximate surface area is 841 Å². The lowest BCUT2D eigenvalue weighted by molar-refractivity contribution is -0.125. The predicted molar refractivity (Wildman–Crippen MR) is 529 cm³/mol. The Hall–Kier alpha value is -18.4. The summed E-state index contributed by atoms with van der Waals surface area (Å²) in [5.41, 5.74) is 9.71. The number of methoxy groups -OCH3 is 4. The lowest BCUT2D eigenvalue weighted by Gasteiger charge is -2.19. The lowest BCUT2D eigenvalue weighted by Crippen LogP contribution is -2.26. The Balaban J connectivity index is 0.000000134. The highest BCUT2D eigenvalue weighted by Crippen LogP contribution is 2.44. The van der Waals surface area contributed by atoms with Crippen LogP contribution in [0.5, 0.6) is 46.0 Å². The van der Waals surface area contributed by atoms with Crippen molar-refractivity contribution in [1.82, 2.24) is 56.5 Å². The van der Waals surface area contributed by atoms with E-state index in [1.54, 1.807) is 75.7 Å². The van der Waals surface area contributed by atoms with E-state index in [2.05, 4.69) is 35.9 Å². The number of nitrogens with zero attached hydrogens (tertiary/aromatic N) is 16. The van der Waals surface area contributed by atoms with Crippen molar-refractivity contribution in [3.63, 3.8) is 0 Å². The summed E-state index contributed by atoms with van der Waals surface area (Å²) < 4.78 is 185. The third-order valence-electron chi connectivity index (χ3n) is 23.8. The van der Waals surface area contributed by atoms with Crippen LogP contribution >= 0.6 is 39.1 Å². The number of nitriles is 4. The number of primary amides is 1. The molecule has 0 aliphatic carbocycles. The lowest BCUT2D eigenvalue weighted by atomic mass is 10.1. The third-order valence-corrected chi connectivity index (χ3v) is 25.2. The molecule has 0 saturated heterocycles. The van der Waals surface area contributed by atoms with E-state index in [1.807, 2.05) is 18.2 Å². The molecule has 8 aromatic heterocycles. The summed E-state index contributed by atoms with van der Waals surface area (Å²) in [5, 5.41) is 38.3. The zero-order valence-electron chi connectivity index (χ0n) is 77.6. The molecule has 0 bridgehead atoms. The predicted octanol–water partition coefficient (Wildman–Crippen LogP) is 19.7. The fourth-order valence-electron chi connectivity index (χ4n) is 16.5. The molecule has 1 unspecified atom stereocenters. The quantitative estimate of drug-likeness (QED) is 0.0653. The number of amides is 1. The van der Waals surface area contributed by atoms with Gasteiger partial charge in [0.25, 0.3) is 5.91 Å². The van der Waals surface area contributed by atoms with Crippen molar-refractivity contribution in [2.75, 3.05) is 28.4 Å². The Kier molecular flexibility index (Phi) is 28.1. The maximum Gasteiger partial charge on any atom is 0.333 e. The zero-order chi connectivity index (χ0) is 105. The molecule has 0 radical (unpaired) electrons. The van der Waals surface area contributed by atoms with Gasteiger partial charge in [-0.25, -0.2) is 58.7 Å². The minimum Gasteiger partial charge on any atom is -0.493 e. The molecular weight excluding hydrogens is 2030 g/mol. The number of pyridine rings is 4. The number of aromatic nitrogens is 12. The Morgan fingerprint density at radius 1 is 0.367 bits per heavy atom. The molecule has 12 aromatic carbocycles. The van der Waals surface area contributed by atoms with Crippen molar-refractivity contribution in [3.8, 4) is 93.0 Å². The standard InChI is InChI=1S/C27H18F3N5O4.C26H17BrF2N4O3.2C26H17ClF2N4O3/c1-34-20-12-33-19-10-21(38-2)22(39-25(26(32)36)14-3-5-15(28)6-4-14)9-16(19)23(20)35(27(34)37)24-17(29)7-13(11-31)8-18(24)30;2*1-32-22-12-31-20-10-23(35-2)24(36-13-15-4-5-16(28)8-18(15)27)9-17(20)25(22)33(26(32)34)21-6-3-14(11-30)7-19(21)29;1-32-22-12-31-20-10-23(35-2)24(36-13-15-3-5-18(28)17(27)7-15)9-16(20)25(22)33(26(32)34)21-6-4-14(11-30)8-19(21)29/h3-10,12,25H,1-2H3,(H2,32,36);3*3-10,12H,13H2,1-2H3. The van der Waals surface area contributed by atoms with E-state index in [4.69, 9.17) is 87.9 Å². The van der Waals surface area contributed by atoms with Crippen molar-refractivity contribution in [2.45, 2.75) is 25.9 Å². The maximum atomic E-state index is 15.1. The number of benzene rings is 12. The van der Waals surface area contributed by atoms with Crippen LogP contribution in [0.1, 0.15) is 50.6 Å². The molecular formula is C105H69BrCl2F9N17O13. The zero-order valence-corrected chi connectivity index (χ0v) is 80.7. The number of aryl methyl sites for hydroxylation is 4. The Bertz CT molecular complexity index is 9050. The van der Waals surface area contributed by atoms with E-state index in [0.717, 1.165) is 51.6 Å². The van der Waals surface area contributed by atoms with E-state index in [0.29, 0.717) is 121 Å². The van der Waals surface area contributed by atoms with Gasteiger partial charge >= 0.3 is 22.8 Å². The molecule has 42 heteroatoms. The van der Waals surface area contributed by atoms with Gasteiger partial charge in [-0.3, -0.25) is 61.3 Å². The minimum atomic E-state index is -1.35. The SMILES string of the molecule is COc1cc2ncc3c(c2cc1OC(C(N)=O)c1ccc(F)cc1)n(-c1c(F)cc(C#N)cc1F)c(=O)n3C.COc1cc2ncc3c(c2cc1OCc1ccc(F)c(Cl)c1)n(-c1ccc(C#N)cc1F)c(=O)n3C.COc1cc2ncc3c(c2cc1OCc1ccc(F)cc1Br)n(-c1ccc(C#N)cc1F)c(=O)n3C.COc1cc2ncc3c(c2cc1OCc1ccc(F)cc1Cl)n(-c1ccc(C#N)cc1F)c(=O)n3C. The second kappa shape index (κ2) is 41.3.